The molecule has 1 saturated carbocycles. The molecule has 2 N–H and O–H groups in total. The molecule has 1 heterocycles. The van der Waals surface area contributed by atoms with Gasteiger partial charge >= 0.3 is 0 Å². The van der Waals surface area contributed by atoms with Crippen LogP contribution >= 0.6 is 36.4 Å². The van der Waals surface area contributed by atoms with Gasteiger partial charge in [-0.1, -0.05) is 60.8 Å². The Morgan fingerprint density at radius 1 is 1.06 bits per heavy atom. The molecule has 4 atom stereocenters. The van der Waals surface area contributed by atoms with Crippen LogP contribution in [0, 0.1) is 5.92 Å². The lowest BCUT2D eigenvalue weighted by atomic mass is 9.74. The number of likely N-dealkylation sites (tertiary alicyclic amines) is 1. The van der Waals surface area contributed by atoms with Crippen LogP contribution in [0.5, 0.6) is 5.75 Å². The van der Waals surface area contributed by atoms with Crippen LogP contribution in [-0.2, 0) is 6.61 Å². The van der Waals surface area contributed by atoms with E-state index in [0.29, 0.717) is 17.7 Å². The minimum Gasteiger partial charge on any atom is -0.487 e. The summed E-state index contributed by atoms with van der Waals surface area (Å²) in [4.78, 5) is 2.57. The largest absolute Gasteiger partial charge is 0.487 e. The number of aliphatic hydroxyl groups is 1. The summed E-state index contributed by atoms with van der Waals surface area (Å²) < 4.78 is 6.00. The molecule has 2 aliphatic rings. The molecule has 0 aromatic heterocycles. The number of nitrogens with zero attached hydrogens (tertiary/aromatic N) is 1. The summed E-state index contributed by atoms with van der Waals surface area (Å²) in [5.41, 5.74) is 2.35. The number of hydrogen-bond donors (Lipinski definition) is 2. The van der Waals surface area contributed by atoms with Crippen molar-refractivity contribution in [2.24, 2.45) is 5.92 Å². The third kappa shape index (κ3) is 7.74. The van der Waals surface area contributed by atoms with E-state index in [9.17, 15) is 5.11 Å². The van der Waals surface area contributed by atoms with E-state index in [1.807, 2.05) is 24.3 Å². The van der Waals surface area contributed by atoms with E-state index in [4.69, 9.17) is 16.3 Å². The van der Waals surface area contributed by atoms with Crippen LogP contribution in [0.15, 0.2) is 48.5 Å². The van der Waals surface area contributed by atoms with Crippen molar-refractivity contribution in [1.82, 2.24) is 10.2 Å². The molecule has 1 aliphatic carbocycles. The maximum absolute atomic E-state index is 10.9. The highest BCUT2D eigenvalue weighted by Crippen LogP contribution is 2.39. The third-order valence-electron chi connectivity index (χ3n) is 7.29. The number of likely N-dealkylation sites (N-methyl/N-ethyl adjacent to an activating group) is 1. The van der Waals surface area contributed by atoms with Gasteiger partial charge in [-0.2, -0.15) is 0 Å². The van der Waals surface area contributed by atoms with E-state index in [0.717, 1.165) is 50.2 Å². The maximum Gasteiger partial charge on any atom is 0.138 e. The van der Waals surface area contributed by atoms with Crippen LogP contribution < -0.4 is 10.1 Å². The summed E-state index contributed by atoms with van der Waals surface area (Å²) in [5, 5.41) is 15.0. The van der Waals surface area contributed by atoms with Crippen molar-refractivity contribution in [2.45, 2.75) is 63.2 Å². The predicted molar refractivity (Wildman–Crippen MR) is 146 cm³/mol. The van der Waals surface area contributed by atoms with Crippen molar-refractivity contribution in [3.8, 4) is 5.75 Å². The number of benzene rings is 2. The number of hydrogen-bond acceptors (Lipinski definition) is 4. The average Bonchev–Trinajstić information content (AvgIpc) is 2.83. The molecule has 1 saturated heterocycles. The summed E-state index contributed by atoms with van der Waals surface area (Å²) in [7, 11) is 2.06. The van der Waals surface area contributed by atoms with Crippen LogP contribution in [-0.4, -0.2) is 48.8 Å². The normalized spacial score (nSPS) is 23.9. The molecular formula is C27H39Cl3N2O2. The Kier molecular flexibility index (Phi) is 12.5. The molecule has 0 radical (unpaired) electrons. The van der Waals surface area contributed by atoms with Gasteiger partial charge in [-0.15, -0.1) is 24.8 Å². The summed E-state index contributed by atoms with van der Waals surface area (Å²) in [6.45, 7) is 3.68. The van der Waals surface area contributed by atoms with Gasteiger partial charge < -0.3 is 20.1 Å². The summed E-state index contributed by atoms with van der Waals surface area (Å²) in [6.07, 6.45) is 6.55. The fourth-order valence-electron chi connectivity index (χ4n) is 5.43. The van der Waals surface area contributed by atoms with Gasteiger partial charge in [-0.25, -0.2) is 0 Å². The molecule has 4 rings (SSSR count). The Bertz CT molecular complexity index is 855. The van der Waals surface area contributed by atoms with Crippen molar-refractivity contribution in [3.05, 3.63) is 64.7 Å². The smallest absolute Gasteiger partial charge is 0.138 e. The molecule has 2 fully saturated rings. The molecule has 34 heavy (non-hydrogen) atoms. The lowest BCUT2D eigenvalue weighted by molar-refractivity contribution is 0.0427. The lowest BCUT2D eigenvalue weighted by Gasteiger charge is -2.40. The lowest BCUT2D eigenvalue weighted by Crippen LogP contribution is -2.47. The summed E-state index contributed by atoms with van der Waals surface area (Å²) in [6, 6.07) is 17.0. The van der Waals surface area contributed by atoms with Crippen LogP contribution in [0.1, 0.15) is 55.6 Å². The fourth-order valence-corrected chi connectivity index (χ4v) is 5.68. The molecular weight excluding hydrogens is 491 g/mol. The Labute approximate surface area is 222 Å². The first-order valence-corrected chi connectivity index (χ1v) is 12.6. The minimum atomic E-state index is -0.230. The molecule has 2 aromatic carbocycles. The SMILES string of the molecule is CN[C@H]1CCCN(CC(c2ccc(OCc3ccccc3)c(Cl)c2)C2CCCCC2O)C1.Cl.Cl. The van der Waals surface area contributed by atoms with Crippen LogP contribution in [0.3, 0.4) is 0 Å². The molecule has 190 valence electrons. The predicted octanol–water partition coefficient (Wildman–Crippen LogP) is 6.08. The van der Waals surface area contributed by atoms with Crippen molar-refractivity contribution in [3.63, 3.8) is 0 Å². The van der Waals surface area contributed by atoms with E-state index >= 15 is 0 Å². The topological polar surface area (TPSA) is 44.7 Å². The first-order valence-electron chi connectivity index (χ1n) is 12.2. The van der Waals surface area contributed by atoms with Gasteiger partial charge in [-0.3, -0.25) is 0 Å². The Balaban J connectivity index is 0.00000204. The minimum absolute atomic E-state index is 0. The molecule has 1 aliphatic heterocycles. The average molecular weight is 530 g/mol. The zero-order valence-corrected chi connectivity index (χ0v) is 22.4. The number of nitrogens with one attached hydrogen (secondary N) is 1. The summed E-state index contributed by atoms with van der Waals surface area (Å²) >= 11 is 6.69. The van der Waals surface area contributed by atoms with E-state index in [-0.39, 0.29) is 42.8 Å². The number of ether oxygens (including phenoxy) is 1. The molecule has 0 spiro atoms. The van der Waals surface area contributed by atoms with Crippen molar-refractivity contribution >= 4 is 36.4 Å². The Morgan fingerprint density at radius 3 is 2.53 bits per heavy atom. The number of halogens is 3. The van der Waals surface area contributed by atoms with E-state index in [2.05, 4.69) is 41.5 Å². The molecule has 3 unspecified atom stereocenters. The molecule has 0 amide bonds. The Morgan fingerprint density at radius 2 is 1.82 bits per heavy atom. The quantitative estimate of drug-likeness (QED) is 0.435. The second kappa shape index (κ2) is 14.5. The van der Waals surface area contributed by atoms with Crippen LogP contribution in [0.2, 0.25) is 5.02 Å². The van der Waals surface area contributed by atoms with Gasteiger partial charge in [-0.05, 0) is 68.5 Å². The maximum atomic E-state index is 10.9. The summed E-state index contributed by atoms with van der Waals surface area (Å²) in [5.74, 6) is 1.28. The molecule has 0 bridgehead atoms. The van der Waals surface area contributed by atoms with E-state index in [1.165, 1.54) is 24.8 Å². The molecule has 2 aromatic rings. The highest BCUT2D eigenvalue weighted by Gasteiger charge is 2.34. The van der Waals surface area contributed by atoms with E-state index < -0.39 is 0 Å². The molecule has 7 heteroatoms. The standard InChI is InChI=1S/C27H37ClN2O2.2ClH/c1-29-22-10-7-15-30(17-22)18-24(23-11-5-6-12-26(23)31)21-13-14-27(25(28)16-21)32-19-20-8-3-2-4-9-20;;/h2-4,8-9,13-14,16,22-24,26,29,31H,5-7,10-12,15,17-19H2,1H3;2*1H/t22-,23?,24?,26?;;/m0../s1. The zero-order valence-electron chi connectivity index (χ0n) is 20.0. The van der Waals surface area contributed by atoms with Crippen LogP contribution in [0.4, 0.5) is 0 Å². The van der Waals surface area contributed by atoms with Gasteiger partial charge in [0.05, 0.1) is 11.1 Å². The van der Waals surface area contributed by atoms with E-state index in [1.54, 1.807) is 0 Å². The van der Waals surface area contributed by atoms with Crippen LogP contribution in [0.25, 0.3) is 0 Å². The van der Waals surface area contributed by atoms with Gasteiger partial charge in [0.15, 0.2) is 0 Å². The zero-order chi connectivity index (χ0) is 22.3. The van der Waals surface area contributed by atoms with Gasteiger partial charge in [0.2, 0.25) is 0 Å². The van der Waals surface area contributed by atoms with Crippen molar-refractivity contribution < 1.29 is 9.84 Å². The van der Waals surface area contributed by atoms with Crippen molar-refractivity contribution in [2.75, 3.05) is 26.7 Å². The van der Waals surface area contributed by atoms with Crippen molar-refractivity contribution in [1.29, 1.82) is 0 Å². The molecule has 4 nitrogen and oxygen atoms in total. The fraction of sp³-hybridized carbons (Fsp3) is 0.556. The third-order valence-corrected chi connectivity index (χ3v) is 7.58. The second-order valence-electron chi connectivity index (χ2n) is 9.47. The first kappa shape index (κ1) is 29.2. The highest BCUT2D eigenvalue weighted by atomic mass is 35.5. The van der Waals surface area contributed by atoms with Gasteiger partial charge in [0.25, 0.3) is 0 Å². The number of piperidine rings is 1. The number of aliphatic hydroxyl groups excluding tert-OH is 1. The Hall–Kier alpha value is -1.01. The van der Waals surface area contributed by atoms with Gasteiger partial charge in [0.1, 0.15) is 12.4 Å². The second-order valence-corrected chi connectivity index (χ2v) is 9.88. The number of rotatable bonds is 8. The first-order chi connectivity index (χ1) is 15.6. The van der Waals surface area contributed by atoms with Gasteiger partial charge in [0, 0.05) is 25.0 Å². The highest BCUT2D eigenvalue weighted by molar-refractivity contribution is 6.32. The monoisotopic (exact) mass is 528 g/mol.